The van der Waals surface area contributed by atoms with E-state index in [1.807, 2.05) is 26.8 Å². The van der Waals surface area contributed by atoms with Gasteiger partial charge >= 0.3 is 0 Å². The highest BCUT2D eigenvalue weighted by atomic mass is 35.5. The number of nitrogens with one attached hydrogen (secondary N) is 1. The van der Waals surface area contributed by atoms with Crippen LogP contribution in [0.15, 0.2) is 42.5 Å². The average molecular weight is 407 g/mol. The summed E-state index contributed by atoms with van der Waals surface area (Å²) in [5, 5.41) is 0.561. The van der Waals surface area contributed by atoms with Gasteiger partial charge in [-0.1, -0.05) is 50.6 Å². The van der Waals surface area contributed by atoms with Crippen LogP contribution in [0.4, 0.5) is 11.4 Å². The molecule has 0 aromatic heterocycles. The number of carbonyl (C=O) groups excluding carboxylic acids is 1. The number of benzene rings is 2. The summed E-state index contributed by atoms with van der Waals surface area (Å²) in [6.45, 7) is 6.26. The molecule has 0 aliphatic carbocycles. The molecular weight excluding hydrogens is 384 g/mol. The molecule has 1 N–H and O–H groups in total. The minimum absolute atomic E-state index is 0.0300. The van der Waals surface area contributed by atoms with Crippen molar-refractivity contribution in [2.24, 2.45) is 5.41 Å². The van der Waals surface area contributed by atoms with Crippen molar-refractivity contribution in [1.82, 2.24) is 0 Å². The van der Waals surface area contributed by atoms with Gasteiger partial charge in [0.2, 0.25) is 15.9 Å². The molecule has 0 radical (unpaired) electrons. The van der Waals surface area contributed by atoms with Crippen LogP contribution in [0.1, 0.15) is 31.9 Å². The summed E-state index contributed by atoms with van der Waals surface area (Å²) in [7, 11) is -3.58. The van der Waals surface area contributed by atoms with Gasteiger partial charge in [0.05, 0.1) is 11.4 Å². The number of sulfonamides is 1. The Labute approximate surface area is 165 Å². The molecule has 2 aromatic carbocycles. The van der Waals surface area contributed by atoms with Crippen molar-refractivity contribution in [3.63, 3.8) is 0 Å². The van der Waals surface area contributed by atoms with Gasteiger partial charge in [-0.25, -0.2) is 8.42 Å². The lowest BCUT2D eigenvalue weighted by molar-refractivity contribution is -0.125. The molecular formula is C20H23ClN2O3S. The highest BCUT2D eigenvalue weighted by molar-refractivity contribution is 7.91. The van der Waals surface area contributed by atoms with Gasteiger partial charge in [-0.3, -0.25) is 9.52 Å². The monoisotopic (exact) mass is 406 g/mol. The number of anilines is 2. The summed E-state index contributed by atoms with van der Waals surface area (Å²) in [5.74, 6) is -0.117. The Hall–Kier alpha value is -2.05. The van der Waals surface area contributed by atoms with Crippen LogP contribution in [0.25, 0.3) is 0 Å². The number of carbonyl (C=O) groups is 1. The van der Waals surface area contributed by atoms with Gasteiger partial charge in [-0.05, 0) is 41.8 Å². The molecule has 0 bridgehead atoms. The topological polar surface area (TPSA) is 66.5 Å². The van der Waals surface area contributed by atoms with Crippen molar-refractivity contribution in [2.75, 3.05) is 16.2 Å². The maximum atomic E-state index is 12.7. The molecule has 27 heavy (non-hydrogen) atoms. The lowest BCUT2D eigenvalue weighted by atomic mass is 9.94. The van der Waals surface area contributed by atoms with Crippen molar-refractivity contribution in [2.45, 2.75) is 32.9 Å². The largest absolute Gasteiger partial charge is 0.311 e. The molecule has 2 aromatic rings. The van der Waals surface area contributed by atoms with Gasteiger partial charge in [-0.2, -0.15) is 0 Å². The maximum absolute atomic E-state index is 12.7. The molecule has 0 atom stereocenters. The van der Waals surface area contributed by atoms with E-state index in [0.29, 0.717) is 22.8 Å². The second-order valence-electron chi connectivity index (χ2n) is 7.79. The summed E-state index contributed by atoms with van der Waals surface area (Å²) in [5.41, 5.74) is 2.44. The Morgan fingerprint density at radius 1 is 1.15 bits per heavy atom. The normalized spacial score (nSPS) is 14.1. The zero-order valence-corrected chi connectivity index (χ0v) is 17.2. The fraction of sp³-hybridized carbons (Fsp3) is 0.350. The van der Waals surface area contributed by atoms with E-state index in [4.69, 9.17) is 11.6 Å². The molecule has 1 aliphatic rings. The molecule has 1 heterocycles. The number of hydrogen-bond donors (Lipinski definition) is 1. The fourth-order valence-corrected chi connectivity index (χ4v) is 4.39. The zero-order chi connectivity index (χ0) is 19.8. The highest BCUT2D eigenvalue weighted by Gasteiger charge is 2.32. The predicted molar refractivity (Wildman–Crippen MR) is 110 cm³/mol. The number of hydrogen-bond acceptors (Lipinski definition) is 3. The first kappa shape index (κ1) is 19.7. The lowest BCUT2D eigenvalue weighted by Gasteiger charge is -2.26. The van der Waals surface area contributed by atoms with Crippen LogP contribution in [0.2, 0.25) is 5.02 Å². The first-order valence-electron chi connectivity index (χ1n) is 8.75. The van der Waals surface area contributed by atoms with E-state index in [1.165, 1.54) is 0 Å². The van der Waals surface area contributed by atoms with Gasteiger partial charge in [0, 0.05) is 22.7 Å². The molecule has 5 nitrogen and oxygen atoms in total. The first-order valence-corrected chi connectivity index (χ1v) is 10.8. The van der Waals surface area contributed by atoms with Crippen LogP contribution in [-0.4, -0.2) is 20.9 Å². The summed E-state index contributed by atoms with van der Waals surface area (Å²) >= 11 is 5.84. The Morgan fingerprint density at radius 3 is 2.44 bits per heavy atom. The van der Waals surface area contributed by atoms with E-state index in [9.17, 15) is 13.2 Å². The smallest absolute Gasteiger partial charge is 0.236 e. The van der Waals surface area contributed by atoms with E-state index in [1.54, 1.807) is 41.3 Å². The third-order valence-electron chi connectivity index (χ3n) is 4.41. The molecule has 0 saturated heterocycles. The van der Waals surface area contributed by atoms with Crippen LogP contribution in [0.5, 0.6) is 0 Å². The predicted octanol–water partition coefficient (Wildman–Crippen LogP) is 4.22. The Balaban J connectivity index is 1.80. The van der Waals surface area contributed by atoms with Crippen LogP contribution in [0, 0.1) is 5.41 Å². The van der Waals surface area contributed by atoms with E-state index in [-0.39, 0.29) is 11.7 Å². The number of fused-ring (bicyclic) bond motifs is 1. The van der Waals surface area contributed by atoms with Gasteiger partial charge in [0.15, 0.2) is 0 Å². The molecule has 7 heteroatoms. The Kier molecular flexibility index (Phi) is 5.23. The number of rotatable bonds is 4. The summed E-state index contributed by atoms with van der Waals surface area (Å²) in [4.78, 5) is 14.4. The van der Waals surface area contributed by atoms with Gasteiger partial charge in [-0.15, -0.1) is 0 Å². The van der Waals surface area contributed by atoms with Crippen LogP contribution in [-0.2, 0) is 27.0 Å². The SMILES string of the molecule is CC(C)(C)C(=O)N1CCc2ccc(NS(=O)(=O)Cc3ccc(Cl)cc3)cc21. The van der Waals surface area contributed by atoms with E-state index >= 15 is 0 Å². The lowest BCUT2D eigenvalue weighted by Crippen LogP contribution is -2.38. The Bertz CT molecular complexity index is 964. The summed E-state index contributed by atoms with van der Waals surface area (Å²) in [6, 6.07) is 12.1. The van der Waals surface area contributed by atoms with E-state index in [0.717, 1.165) is 17.7 Å². The van der Waals surface area contributed by atoms with Crippen molar-refractivity contribution in [3.05, 3.63) is 58.6 Å². The van der Waals surface area contributed by atoms with Crippen molar-refractivity contribution < 1.29 is 13.2 Å². The second-order valence-corrected chi connectivity index (χ2v) is 9.95. The van der Waals surface area contributed by atoms with E-state index in [2.05, 4.69) is 4.72 Å². The Morgan fingerprint density at radius 2 is 1.81 bits per heavy atom. The highest BCUT2D eigenvalue weighted by Crippen LogP contribution is 2.34. The van der Waals surface area contributed by atoms with Crippen molar-refractivity contribution in [1.29, 1.82) is 0 Å². The molecule has 0 spiro atoms. The molecule has 0 unspecified atom stereocenters. The maximum Gasteiger partial charge on any atom is 0.236 e. The fourth-order valence-electron chi connectivity index (χ4n) is 3.07. The standard InChI is InChI=1S/C20H23ClN2O3S/c1-20(2,3)19(24)23-11-10-15-6-9-17(12-18(15)23)22-27(25,26)13-14-4-7-16(21)8-5-14/h4-9,12,22H,10-11,13H2,1-3H3. The van der Waals surface area contributed by atoms with Crippen molar-refractivity contribution in [3.8, 4) is 0 Å². The minimum Gasteiger partial charge on any atom is -0.311 e. The number of halogens is 1. The summed E-state index contributed by atoms with van der Waals surface area (Å²) < 4.78 is 27.6. The third-order valence-corrected chi connectivity index (χ3v) is 5.92. The molecule has 1 aliphatic heterocycles. The molecule has 144 valence electrons. The molecule has 1 amide bonds. The zero-order valence-electron chi connectivity index (χ0n) is 15.6. The van der Waals surface area contributed by atoms with Gasteiger partial charge in [0.1, 0.15) is 0 Å². The van der Waals surface area contributed by atoms with Crippen LogP contribution >= 0.6 is 11.6 Å². The van der Waals surface area contributed by atoms with Gasteiger partial charge < -0.3 is 4.90 Å². The number of amides is 1. The van der Waals surface area contributed by atoms with Gasteiger partial charge in [0.25, 0.3) is 0 Å². The first-order chi connectivity index (χ1) is 12.5. The van der Waals surface area contributed by atoms with Crippen LogP contribution < -0.4 is 9.62 Å². The third kappa shape index (κ3) is 4.62. The molecule has 0 saturated carbocycles. The number of nitrogens with zero attached hydrogens (tertiary/aromatic N) is 1. The van der Waals surface area contributed by atoms with Crippen LogP contribution in [0.3, 0.4) is 0 Å². The summed E-state index contributed by atoms with van der Waals surface area (Å²) in [6.07, 6.45) is 0.773. The van der Waals surface area contributed by atoms with Crippen molar-refractivity contribution >= 4 is 38.9 Å². The molecule has 0 fully saturated rings. The second kappa shape index (κ2) is 7.17. The molecule has 3 rings (SSSR count). The average Bonchev–Trinajstić information content (AvgIpc) is 2.97. The van der Waals surface area contributed by atoms with E-state index < -0.39 is 15.4 Å². The quantitative estimate of drug-likeness (QED) is 0.826. The minimum atomic E-state index is -3.58.